The van der Waals surface area contributed by atoms with Gasteiger partial charge < -0.3 is 0 Å². The number of hydrogen-bond acceptors (Lipinski definition) is 4. The van der Waals surface area contributed by atoms with E-state index in [1.165, 1.54) is 173 Å². The van der Waals surface area contributed by atoms with Crippen molar-refractivity contribution in [1.82, 2.24) is 4.90 Å². The van der Waals surface area contributed by atoms with Crippen LogP contribution in [0.25, 0.3) is 31.0 Å². The van der Waals surface area contributed by atoms with Crippen LogP contribution in [0.15, 0.2) is 24.3 Å². The van der Waals surface area contributed by atoms with Gasteiger partial charge in [-0.05, 0) is 137 Å². The minimum atomic E-state index is 0.768. The predicted octanol–water partition coefficient (Wildman–Crippen LogP) is 16.3. The molecular weight excluding hydrogens is 699 g/mol. The molecule has 0 atom stereocenters. The molecule has 0 aliphatic heterocycles. The van der Waals surface area contributed by atoms with E-state index in [0.717, 1.165) is 53.6 Å². The van der Waals surface area contributed by atoms with Crippen molar-refractivity contribution in [2.75, 3.05) is 0 Å². The van der Waals surface area contributed by atoms with Gasteiger partial charge in [0.1, 0.15) is 0 Å². The normalized spacial score (nSPS) is 29.9. The molecule has 0 unspecified atom stereocenters. The van der Waals surface area contributed by atoms with Gasteiger partial charge in [0.05, 0.1) is 9.40 Å². The Kier molecular flexibility index (Phi) is 12.9. The zero-order valence-corrected chi connectivity index (χ0v) is 35.6. The zero-order chi connectivity index (χ0) is 35.4. The van der Waals surface area contributed by atoms with Crippen LogP contribution in [-0.2, 0) is 0 Å². The maximum Gasteiger partial charge on any atom is 0.0635 e. The van der Waals surface area contributed by atoms with Gasteiger partial charge in [0.15, 0.2) is 0 Å². The molecule has 3 heterocycles. The minimum Gasteiger partial charge on any atom is -0.294 e. The second-order valence-corrected chi connectivity index (χ2v) is 22.4. The average Bonchev–Trinajstić information content (AvgIpc) is 3.90. The number of nitrogens with zero attached hydrogens (tertiary/aromatic N) is 1. The van der Waals surface area contributed by atoms with E-state index in [0.29, 0.717) is 0 Å². The lowest BCUT2D eigenvalue weighted by atomic mass is 9.61. The van der Waals surface area contributed by atoms with Crippen LogP contribution in [0, 0.1) is 35.5 Å². The van der Waals surface area contributed by atoms with Crippen molar-refractivity contribution in [3.63, 3.8) is 0 Å². The summed E-state index contributed by atoms with van der Waals surface area (Å²) < 4.78 is 6.11. The van der Waals surface area contributed by atoms with E-state index < -0.39 is 0 Å². The number of hydrogen-bond donors (Lipinski definition) is 0. The van der Waals surface area contributed by atoms with Gasteiger partial charge in [0, 0.05) is 37.3 Å². The Morgan fingerprint density at radius 2 is 0.792 bits per heavy atom. The summed E-state index contributed by atoms with van der Waals surface area (Å²) in [7, 11) is 0. The van der Waals surface area contributed by atoms with E-state index in [2.05, 4.69) is 64.0 Å². The number of rotatable bonds is 10. The summed E-state index contributed by atoms with van der Waals surface area (Å²) in [6, 6.07) is 7.63. The van der Waals surface area contributed by atoms with Gasteiger partial charge in [0.25, 0.3) is 0 Å². The molecule has 3 aromatic heterocycles. The van der Waals surface area contributed by atoms with Gasteiger partial charge in [-0.3, -0.25) is 4.90 Å². The summed E-state index contributed by atoms with van der Waals surface area (Å²) in [5, 5.41) is 0. The summed E-state index contributed by atoms with van der Waals surface area (Å²) in [6.07, 6.45) is 51.8. The molecule has 0 amide bonds. The van der Waals surface area contributed by atoms with Crippen LogP contribution in [0.3, 0.4) is 0 Å². The van der Waals surface area contributed by atoms with Crippen LogP contribution < -0.4 is 0 Å². The van der Waals surface area contributed by atoms with Crippen molar-refractivity contribution in [2.24, 2.45) is 35.5 Å². The predicted molar refractivity (Wildman–Crippen MR) is 237 cm³/mol. The number of thiophene rings is 3. The second kappa shape index (κ2) is 18.1. The van der Waals surface area contributed by atoms with Crippen LogP contribution in [0.4, 0.5) is 0 Å². The number of allylic oxidation sites excluding steroid dienone is 2. The first kappa shape index (κ1) is 37.6. The molecule has 4 heteroatoms. The van der Waals surface area contributed by atoms with Gasteiger partial charge in [0.2, 0.25) is 0 Å². The van der Waals surface area contributed by atoms with E-state index >= 15 is 0 Å². The Balaban J connectivity index is 0.790. The van der Waals surface area contributed by atoms with E-state index in [1.54, 1.807) is 35.1 Å². The molecule has 3 aromatic rings. The molecule has 0 aromatic carbocycles. The van der Waals surface area contributed by atoms with E-state index in [1.807, 2.05) is 11.3 Å². The highest BCUT2D eigenvalue weighted by atomic mass is 32.1. The van der Waals surface area contributed by atoms with E-state index in [-0.39, 0.29) is 0 Å². The van der Waals surface area contributed by atoms with Crippen molar-refractivity contribution in [1.29, 1.82) is 0 Å². The molecule has 6 aliphatic rings. The molecule has 0 spiro atoms. The fraction of sp³-hybridized carbons (Fsp3) is 0.755. The largest absolute Gasteiger partial charge is 0.294 e. The van der Waals surface area contributed by atoms with Crippen molar-refractivity contribution >= 4 is 65.0 Å². The van der Waals surface area contributed by atoms with Gasteiger partial charge >= 0.3 is 0 Å². The molecule has 290 valence electrons. The third-order valence-corrected chi connectivity index (χ3v) is 19.5. The summed E-state index contributed by atoms with van der Waals surface area (Å²) in [5.74, 6) is 5.75. The Hall–Kier alpha value is -0.940. The molecular formula is C49H71NS3. The van der Waals surface area contributed by atoms with Crippen LogP contribution >= 0.6 is 34.0 Å². The van der Waals surface area contributed by atoms with Crippen molar-refractivity contribution < 1.29 is 0 Å². The molecule has 0 bridgehead atoms. The van der Waals surface area contributed by atoms with E-state index in [9.17, 15) is 0 Å². The highest BCUT2D eigenvalue weighted by molar-refractivity contribution is 7.38. The fourth-order valence-corrected chi connectivity index (χ4v) is 17.0. The second-order valence-electron chi connectivity index (χ2n) is 19.2. The molecule has 0 radical (unpaired) electrons. The molecule has 0 N–H and O–H groups in total. The Morgan fingerprint density at radius 1 is 0.415 bits per heavy atom. The van der Waals surface area contributed by atoms with Gasteiger partial charge in [-0.25, -0.2) is 0 Å². The van der Waals surface area contributed by atoms with Crippen LogP contribution in [0.1, 0.15) is 190 Å². The first-order chi connectivity index (χ1) is 26.2. The summed E-state index contributed by atoms with van der Waals surface area (Å²) in [6.45, 7) is 0. The molecule has 1 nitrogen and oxygen atoms in total. The van der Waals surface area contributed by atoms with Crippen molar-refractivity contribution in [3.8, 4) is 0 Å². The van der Waals surface area contributed by atoms with Gasteiger partial charge in [-0.15, -0.1) is 34.0 Å². The standard InChI is InChI=1S/C49H71NS3/c1-5-13-37(14-6-1)47(38-15-7-2-8-16-38)39-27-21-35(22-28-39)25-31-43-33-45-48(51-43)49-46(53-45)34-44(52-49)32-26-36-23-29-42(30-24-36)50(40-17-9-3-10-18-40)41-19-11-4-12-20-41/h25-26,31-42,47H,1-24,27-30H2/b31-25+,32-26+. The monoisotopic (exact) mass is 769 g/mol. The first-order valence-corrected chi connectivity index (χ1v) is 25.8. The molecule has 6 fully saturated rings. The average molecular weight is 770 g/mol. The molecule has 6 aliphatic carbocycles. The van der Waals surface area contributed by atoms with Crippen LogP contribution in [0.5, 0.6) is 0 Å². The summed E-state index contributed by atoms with van der Waals surface area (Å²) >= 11 is 6.14. The molecule has 9 rings (SSSR count). The lowest BCUT2D eigenvalue weighted by Crippen LogP contribution is -2.51. The quantitative estimate of drug-likeness (QED) is 0.198. The summed E-state index contributed by atoms with van der Waals surface area (Å²) in [5.41, 5.74) is 0. The third kappa shape index (κ3) is 8.97. The Morgan fingerprint density at radius 3 is 1.25 bits per heavy atom. The smallest absolute Gasteiger partial charge is 0.0635 e. The maximum absolute atomic E-state index is 3.14. The highest BCUT2D eigenvalue weighted by Crippen LogP contribution is 2.49. The third-order valence-electron chi connectivity index (χ3n) is 15.8. The molecule has 0 saturated heterocycles. The highest BCUT2D eigenvalue weighted by Gasteiger charge is 2.39. The van der Waals surface area contributed by atoms with Gasteiger partial charge in [-0.2, -0.15) is 0 Å². The lowest BCUT2D eigenvalue weighted by molar-refractivity contribution is 0.0182. The topological polar surface area (TPSA) is 3.24 Å². The Bertz CT molecular complexity index is 1460. The van der Waals surface area contributed by atoms with Crippen molar-refractivity contribution in [3.05, 3.63) is 34.0 Å². The fourth-order valence-electron chi connectivity index (χ4n) is 13.2. The van der Waals surface area contributed by atoms with Crippen LogP contribution in [0.2, 0.25) is 0 Å². The minimum absolute atomic E-state index is 0.768. The zero-order valence-electron chi connectivity index (χ0n) is 33.1. The van der Waals surface area contributed by atoms with Gasteiger partial charge in [-0.1, -0.05) is 115 Å². The lowest BCUT2D eigenvalue weighted by Gasteiger charge is -2.48. The Labute approximate surface area is 335 Å². The summed E-state index contributed by atoms with van der Waals surface area (Å²) in [4.78, 5) is 6.09. The number of fused-ring (bicyclic) bond motifs is 3. The maximum atomic E-state index is 3.14. The first-order valence-electron chi connectivity index (χ1n) is 23.3. The van der Waals surface area contributed by atoms with Crippen LogP contribution in [-0.4, -0.2) is 23.0 Å². The SMILES string of the molecule is C(=C\C1CCC(C(C2CCCCC2)C2CCCCC2)CC1)/c1cc2sc3cc(/C=C/C4CCC(N(C5CCCCC5)C5CCCCC5)CC4)sc3c2s1. The van der Waals surface area contributed by atoms with E-state index in [4.69, 9.17) is 0 Å². The van der Waals surface area contributed by atoms with Crippen molar-refractivity contribution in [2.45, 2.75) is 198 Å². The molecule has 6 saturated carbocycles. The molecule has 53 heavy (non-hydrogen) atoms.